The molecule has 3 heteroatoms. The molecule has 3 nitrogen and oxygen atoms in total. The van der Waals surface area contributed by atoms with Crippen molar-refractivity contribution in [1.29, 1.82) is 0 Å². The maximum absolute atomic E-state index is 9.70. The molecule has 0 aromatic heterocycles. The molecule has 2 N–H and O–H groups in total. The quantitative estimate of drug-likeness (QED) is 0.799. The molecule has 102 valence electrons. The van der Waals surface area contributed by atoms with E-state index in [1.807, 2.05) is 12.1 Å². The van der Waals surface area contributed by atoms with E-state index in [2.05, 4.69) is 5.32 Å². The minimum Gasteiger partial charge on any atom is -0.504 e. The zero-order valence-electron chi connectivity index (χ0n) is 11.4. The lowest BCUT2D eigenvalue weighted by Crippen LogP contribution is -2.28. The Morgan fingerprint density at radius 2 is 2.05 bits per heavy atom. The Morgan fingerprint density at radius 1 is 1.26 bits per heavy atom. The molecule has 0 aliphatic heterocycles. The van der Waals surface area contributed by atoms with Gasteiger partial charge in [-0.3, -0.25) is 0 Å². The van der Waals surface area contributed by atoms with E-state index < -0.39 is 0 Å². The van der Waals surface area contributed by atoms with Gasteiger partial charge in [-0.2, -0.15) is 0 Å². The van der Waals surface area contributed by atoms with E-state index in [0.29, 0.717) is 5.75 Å². The van der Waals surface area contributed by atoms with Crippen LogP contribution in [0.2, 0.25) is 0 Å². The van der Waals surface area contributed by atoms with Crippen LogP contribution in [-0.2, 0) is 6.54 Å². The number of phenols is 1. The van der Waals surface area contributed by atoms with Crippen molar-refractivity contribution >= 4 is 0 Å². The highest BCUT2D eigenvalue weighted by Gasteiger charge is 2.28. The summed E-state index contributed by atoms with van der Waals surface area (Å²) in [7, 11) is 1.57. The SMILES string of the molecule is COc1ccc(CNCC2CC(=C3CC3)C2)cc1O. The fourth-order valence-electron chi connectivity index (χ4n) is 2.75. The van der Waals surface area contributed by atoms with Crippen LogP contribution < -0.4 is 10.1 Å². The van der Waals surface area contributed by atoms with Crippen LogP contribution in [0.5, 0.6) is 11.5 Å². The summed E-state index contributed by atoms with van der Waals surface area (Å²) in [5.41, 5.74) is 4.56. The largest absolute Gasteiger partial charge is 0.504 e. The molecule has 2 fully saturated rings. The molecule has 2 aliphatic rings. The van der Waals surface area contributed by atoms with Crippen LogP contribution in [0.4, 0.5) is 0 Å². The van der Waals surface area contributed by atoms with Crippen molar-refractivity contribution in [2.45, 2.75) is 32.2 Å². The van der Waals surface area contributed by atoms with Gasteiger partial charge in [0, 0.05) is 6.54 Å². The smallest absolute Gasteiger partial charge is 0.160 e. The third-order valence-corrected chi connectivity index (χ3v) is 4.08. The van der Waals surface area contributed by atoms with Crippen molar-refractivity contribution in [3.05, 3.63) is 34.9 Å². The number of phenolic OH excluding ortho intramolecular Hbond substituents is 1. The lowest BCUT2D eigenvalue weighted by molar-refractivity contribution is 0.372. The topological polar surface area (TPSA) is 41.5 Å². The zero-order chi connectivity index (χ0) is 13.2. The monoisotopic (exact) mass is 259 g/mol. The van der Waals surface area contributed by atoms with Gasteiger partial charge < -0.3 is 15.2 Å². The first-order chi connectivity index (χ1) is 9.26. The van der Waals surface area contributed by atoms with E-state index in [9.17, 15) is 5.11 Å². The summed E-state index contributed by atoms with van der Waals surface area (Å²) in [5, 5.41) is 13.2. The van der Waals surface area contributed by atoms with Crippen LogP contribution in [0.1, 0.15) is 31.2 Å². The molecule has 0 atom stereocenters. The van der Waals surface area contributed by atoms with Crippen LogP contribution in [0.15, 0.2) is 29.3 Å². The molecule has 0 amide bonds. The molecular weight excluding hydrogens is 238 g/mol. The molecule has 1 aromatic rings. The van der Waals surface area contributed by atoms with E-state index in [1.54, 1.807) is 24.3 Å². The Hall–Kier alpha value is -1.48. The highest BCUT2D eigenvalue weighted by atomic mass is 16.5. The van der Waals surface area contributed by atoms with E-state index in [1.165, 1.54) is 25.7 Å². The van der Waals surface area contributed by atoms with Crippen molar-refractivity contribution in [3.8, 4) is 11.5 Å². The van der Waals surface area contributed by atoms with Crippen molar-refractivity contribution in [1.82, 2.24) is 5.32 Å². The van der Waals surface area contributed by atoms with E-state index in [4.69, 9.17) is 4.74 Å². The molecular formula is C16H21NO2. The second kappa shape index (κ2) is 5.25. The van der Waals surface area contributed by atoms with Crippen LogP contribution >= 0.6 is 0 Å². The van der Waals surface area contributed by atoms with E-state index >= 15 is 0 Å². The number of benzene rings is 1. The van der Waals surface area contributed by atoms with Crippen LogP contribution in [0.3, 0.4) is 0 Å². The molecule has 0 heterocycles. The standard InChI is InChI=1S/C16H21NO2/c1-19-16-5-2-11(8-15(16)18)9-17-10-12-6-14(7-12)13-3-4-13/h2,5,8,12,17-18H,3-4,6-7,9-10H2,1H3. The number of hydrogen-bond acceptors (Lipinski definition) is 3. The molecule has 0 bridgehead atoms. The second-order valence-corrected chi connectivity index (χ2v) is 5.62. The number of ether oxygens (including phenoxy) is 1. The predicted octanol–water partition coefficient (Wildman–Crippen LogP) is 2.99. The number of aromatic hydroxyl groups is 1. The summed E-state index contributed by atoms with van der Waals surface area (Å²) in [4.78, 5) is 0. The highest BCUT2D eigenvalue weighted by molar-refractivity contribution is 5.41. The predicted molar refractivity (Wildman–Crippen MR) is 75.3 cm³/mol. The third-order valence-electron chi connectivity index (χ3n) is 4.08. The van der Waals surface area contributed by atoms with Crippen LogP contribution in [0, 0.1) is 5.92 Å². The molecule has 2 aliphatic carbocycles. The van der Waals surface area contributed by atoms with Gasteiger partial charge in [-0.25, -0.2) is 0 Å². The summed E-state index contributed by atoms with van der Waals surface area (Å²) in [6.07, 6.45) is 5.33. The molecule has 0 unspecified atom stereocenters. The lowest BCUT2D eigenvalue weighted by atomic mass is 9.79. The second-order valence-electron chi connectivity index (χ2n) is 5.62. The summed E-state index contributed by atoms with van der Waals surface area (Å²) in [6.45, 7) is 1.88. The van der Waals surface area contributed by atoms with Crippen molar-refractivity contribution < 1.29 is 9.84 Å². The van der Waals surface area contributed by atoms with Gasteiger partial charge in [-0.05, 0) is 55.8 Å². The molecule has 19 heavy (non-hydrogen) atoms. The Balaban J connectivity index is 1.42. The maximum Gasteiger partial charge on any atom is 0.160 e. The number of nitrogens with one attached hydrogen (secondary N) is 1. The van der Waals surface area contributed by atoms with Gasteiger partial charge in [-0.15, -0.1) is 0 Å². The average Bonchev–Trinajstić information content (AvgIpc) is 3.16. The van der Waals surface area contributed by atoms with Gasteiger partial charge in [0.25, 0.3) is 0 Å². The van der Waals surface area contributed by atoms with E-state index in [-0.39, 0.29) is 5.75 Å². The van der Waals surface area contributed by atoms with Gasteiger partial charge in [0.2, 0.25) is 0 Å². The summed E-state index contributed by atoms with van der Waals surface area (Å²) in [6, 6.07) is 5.57. The van der Waals surface area contributed by atoms with Crippen LogP contribution in [0.25, 0.3) is 0 Å². The fourth-order valence-corrected chi connectivity index (χ4v) is 2.75. The molecule has 2 saturated carbocycles. The van der Waals surface area contributed by atoms with Crippen LogP contribution in [-0.4, -0.2) is 18.8 Å². The number of allylic oxidation sites excluding steroid dienone is 2. The summed E-state index contributed by atoms with van der Waals surface area (Å²) >= 11 is 0. The average molecular weight is 259 g/mol. The molecule has 0 saturated heterocycles. The summed E-state index contributed by atoms with van der Waals surface area (Å²) < 4.78 is 5.03. The molecule has 1 aromatic carbocycles. The Bertz CT molecular complexity index is 493. The zero-order valence-corrected chi connectivity index (χ0v) is 11.4. The number of hydrogen-bond donors (Lipinski definition) is 2. The molecule has 0 spiro atoms. The Kier molecular flexibility index (Phi) is 3.47. The molecule has 0 radical (unpaired) electrons. The van der Waals surface area contributed by atoms with Crippen molar-refractivity contribution in [3.63, 3.8) is 0 Å². The minimum absolute atomic E-state index is 0.214. The molecule has 3 rings (SSSR count). The van der Waals surface area contributed by atoms with E-state index in [0.717, 1.165) is 24.6 Å². The minimum atomic E-state index is 0.214. The van der Waals surface area contributed by atoms with Gasteiger partial charge in [0.1, 0.15) is 0 Å². The first kappa shape index (κ1) is 12.5. The normalized spacial score (nSPS) is 21.2. The highest BCUT2D eigenvalue weighted by Crippen LogP contribution is 2.43. The van der Waals surface area contributed by atoms with Crippen molar-refractivity contribution in [2.24, 2.45) is 5.92 Å². The fraction of sp³-hybridized carbons (Fsp3) is 0.500. The third kappa shape index (κ3) is 2.92. The number of methoxy groups -OCH3 is 1. The first-order valence-corrected chi connectivity index (χ1v) is 7.02. The Labute approximate surface area is 114 Å². The number of rotatable bonds is 5. The van der Waals surface area contributed by atoms with Gasteiger partial charge in [0.05, 0.1) is 7.11 Å². The van der Waals surface area contributed by atoms with Gasteiger partial charge >= 0.3 is 0 Å². The Morgan fingerprint density at radius 3 is 2.68 bits per heavy atom. The lowest BCUT2D eigenvalue weighted by Gasteiger charge is -2.29. The van der Waals surface area contributed by atoms with Gasteiger partial charge in [0.15, 0.2) is 11.5 Å². The van der Waals surface area contributed by atoms with Gasteiger partial charge in [-0.1, -0.05) is 17.2 Å². The summed E-state index contributed by atoms with van der Waals surface area (Å²) in [5.74, 6) is 1.56. The first-order valence-electron chi connectivity index (χ1n) is 7.02. The maximum atomic E-state index is 9.70. The van der Waals surface area contributed by atoms with Crippen molar-refractivity contribution in [2.75, 3.05) is 13.7 Å².